The molecule has 0 atom stereocenters. The number of nitro groups is 1. The lowest BCUT2D eigenvalue weighted by atomic mass is 10.1. The van der Waals surface area contributed by atoms with Crippen LogP contribution in [0.25, 0.3) is 11.3 Å². The Labute approximate surface area is 145 Å². The molecule has 1 N–H and O–H groups in total. The van der Waals surface area contributed by atoms with Gasteiger partial charge in [-0.3, -0.25) is 4.55 Å². The Bertz CT molecular complexity index is 1080. The second-order valence-corrected chi connectivity index (χ2v) is 6.56. The molecule has 1 aromatic carbocycles. The van der Waals surface area contributed by atoms with Gasteiger partial charge in [-0.25, -0.2) is 13.6 Å². The van der Waals surface area contributed by atoms with Gasteiger partial charge in [0.1, 0.15) is 24.8 Å². The van der Waals surface area contributed by atoms with E-state index in [0.29, 0.717) is 11.3 Å². The summed E-state index contributed by atoms with van der Waals surface area (Å²) in [6, 6.07) is 3.65. The zero-order valence-electron chi connectivity index (χ0n) is 12.9. The van der Waals surface area contributed by atoms with Crippen molar-refractivity contribution in [1.82, 2.24) is 24.5 Å². The number of halogens is 1. The number of nitrogens with zero attached hydrogens (tertiary/aromatic N) is 6. The fourth-order valence-electron chi connectivity index (χ4n) is 2.33. The van der Waals surface area contributed by atoms with Crippen LogP contribution in [0.3, 0.4) is 0 Å². The van der Waals surface area contributed by atoms with Crippen LogP contribution in [0.15, 0.2) is 41.7 Å². The molecule has 0 radical (unpaired) electrons. The lowest BCUT2D eigenvalue weighted by molar-refractivity contribution is -0.396. The lowest BCUT2D eigenvalue weighted by Crippen LogP contribution is -2.10. The van der Waals surface area contributed by atoms with E-state index in [1.165, 1.54) is 40.0 Å². The summed E-state index contributed by atoms with van der Waals surface area (Å²) in [5.74, 6) is -0.362. The monoisotopic (exact) mass is 381 g/mol. The number of benzene rings is 1. The Balaban J connectivity index is 1.90. The molecule has 0 bridgehead atoms. The van der Waals surface area contributed by atoms with Crippen LogP contribution in [0, 0.1) is 10.1 Å². The SMILES string of the molecule is O=[N+]([O-])c1nccn1Cn1cc(-c2ccc(S(=O)(=O)O)c(C[18F])c2)nn1. The van der Waals surface area contributed by atoms with Gasteiger partial charge in [-0.1, -0.05) is 16.3 Å². The van der Waals surface area contributed by atoms with Gasteiger partial charge in [0, 0.05) is 11.1 Å². The molecule has 136 valence electrons. The third-order valence-electron chi connectivity index (χ3n) is 3.47. The quantitative estimate of drug-likeness (QED) is 0.381. The highest BCUT2D eigenvalue weighted by molar-refractivity contribution is 7.85. The Morgan fingerprint density at radius 1 is 1.35 bits per heavy atom. The number of hydrogen-bond donors (Lipinski definition) is 1. The highest BCUT2D eigenvalue weighted by Gasteiger charge is 2.18. The van der Waals surface area contributed by atoms with E-state index in [4.69, 9.17) is 4.55 Å². The maximum atomic E-state index is 13.1. The second-order valence-electron chi connectivity index (χ2n) is 5.17. The van der Waals surface area contributed by atoms with Gasteiger partial charge in [-0.15, -0.1) is 5.10 Å². The Kier molecular flexibility index (Phi) is 4.48. The first-order valence-electron chi connectivity index (χ1n) is 7.02. The minimum Gasteiger partial charge on any atom is -0.390 e. The van der Waals surface area contributed by atoms with Crippen molar-refractivity contribution in [2.45, 2.75) is 18.2 Å². The largest absolute Gasteiger partial charge is 0.436 e. The van der Waals surface area contributed by atoms with E-state index in [1.54, 1.807) is 0 Å². The van der Waals surface area contributed by atoms with Gasteiger partial charge in [-0.05, 0) is 17.1 Å². The summed E-state index contributed by atoms with van der Waals surface area (Å²) in [6.45, 7) is -1.12. The van der Waals surface area contributed by atoms with E-state index in [1.807, 2.05) is 0 Å². The predicted octanol–water partition coefficient (Wildman–Crippen LogP) is 1.27. The van der Waals surface area contributed by atoms with Crippen LogP contribution in [-0.2, 0) is 23.5 Å². The summed E-state index contributed by atoms with van der Waals surface area (Å²) in [5, 5.41) is 18.6. The lowest BCUT2D eigenvalue weighted by Gasteiger charge is -2.05. The highest BCUT2D eigenvalue weighted by Crippen LogP contribution is 2.24. The molecule has 3 aromatic rings. The van der Waals surface area contributed by atoms with Gasteiger partial charge in [-0.2, -0.15) is 8.42 Å². The van der Waals surface area contributed by atoms with Crippen molar-refractivity contribution in [2.24, 2.45) is 0 Å². The third kappa shape index (κ3) is 3.43. The molecule has 0 aliphatic rings. The molecule has 0 spiro atoms. The van der Waals surface area contributed by atoms with Gasteiger partial charge in [0.05, 0.1) is 11.1 Å². The van der Waals surface area contributed by atoms with Crippen molar-refractivity contribution in [3.8, 4) is 11.3 Å². The molecule has 0 unspecified atom stereocenters. The molecule has 3 rings (SSSR count). The van der Waals surface area contributed by atoms with Crippen LogP contribution in [0.4, 0.5) is 10.3 Å². The molecular formula is C13H11FN6O5S. The summed E-state index contributed by atoms with van der Waals surface area (Å²) >= 11 is 0. The molecule has 11 nitrogen and oxygen atoms in total. The summed E-state index contributed by atoms with van der Waals surface area (Å²) < 4.78 is 47.2. The summed E-state index contributed by atoms with van der Waals surface area (Å²) in [6.07, 6.45) is 4.13. The topological polar surface area (TPSA) is 146 Å². The summed E-state index contributed by atoms with van der Waals surface area (Å²) in [7, 11) is -4.54. The number of alkyl halides is 1. The maximum Gasteiger partial charge on any atom is 0.436 e. The average molecular weight is 381 g/mol. The van der Waals surface area contributed by atoms with Crippen molar-refractivity contribution in [1.29, 1.82) is 0 Å². The number of aromatic nitrogens is 5. The average Bonchev–Trinajstić information content (AvgIpc) is 3.23. The second kappa shape index (κ2) is 6.61. The van der Waals surface area contributed by atoms with Gasteiger partial charge in [0.2, 0.25) is 0 Å². The molecule has 13 heteroatoms. The molecule has 26 heavy (non-hydrogen) atoms. The van der Waals surface area contributed by atoms with Gasteiger partial charge in [0.15, 0.2) is 6.67 Å². The molecule has 2 heterocycles. The van der Waals surface area contributed by atoms with Crippen molar-refractivity contribution in [3.63, 3.8) is 0 Å². The van der Waals surface area contributed by atoms with E-state index < -0.39 is 26.6 Å². The molecule has 0 amide bonds. The van der Waals surface area contributed by atoms with E-state index in [9.17, 15) is 22.9 Å². The fourth-order valence-corrected chi connectivity index (χ4v) is 3.02. The van der Waals surface area contributed by atoms with Crippen molar-refractivity contribution in [3.05, 3.63) is 52.5 Å². The molecule has 0 aliphatic carbocycles. The van der Waals surface area contributed by atoms with Crippen LogP contribution in [-0.4, -0.2) is 42.4 Å². The van der Waals surface area contributed by atoms with Crippen LogP contribution >= 0.6 is 0 Å². The fraction of sp³-hybridized carbons (Fsp3) is 0.154. The summed E-state index contributed by atoms with van der Waals surface area (Å²) in [4.78, 5) is 13.3. The molecular weight excluding hydrogens is 370 g/mol. The van der Waals surface area contributed by atoms with Gasteiger partial charge < -0.3 is 10.1 Å². The predicted molar refractivity (Wildman–Crippen MR) is 84.4 cm³/mol. The smallest absolute Gasteiger partial charge is 0.390 e. The van der Waals surface area contributed by atoms with Crippen LogP contribution in [0.2, 0.25) is 0 Å². The van der Waals surface area contributed by atoms with Crippen molar-refractivity contribution in [2.75, 3.05) is 0 Å². The normalized spacial score (nSPS) is 11.6. The Morgan fingerprint density at radius 2 is 2.12 bits per heavy atom. The first-order chi connectivity index (χ1) is 12.3. The highest BCUT2D eigenvalue weighted by atomic mass is 32.2. The molecule has 0 aliphatic heterocycles. The van der Waals surface area contributed by atoms with Crippen LogP contribution < -0.4 is 0 Å². The third-order valence-corrected chi connectivity index (χ3v) is 4.42. The molecule has 0 saturated carbocycles. The van der Waals surface area contributed by atoms with Crippen molar-refractivity contribution < 1.29 is 22.3 Å². The number of hydrogen-bond acceptors (Lipinski definition) is 7. The minimum atomic E-state index is -4.54. The van der Waals surface area contributed by atoms with E-state index in [2.05, 4.69) is 15.3 Å². The van der Waals surface area contributed by atoms with E-state index in [0.717, 1.165) is 6.07 Å². The zero-order valence-corrected chi connectivity index (χ0v) is 13.7. The zero-order chi connectivity index (χ0) is 18.9. The van der Waals surface area contributed by atoms with E-state index >= 15 is 0 Å². The van der Waals surface area contributed by atoms with Gasteiger partial charge in [0.25, 0.3) is 10.1 Å². The van der Waals surface area contributed by atoms with Crippen molar-refractivity contribution >= 4 is 16.1 Å². The molecule has 0 saturated heterocycles. The van der Waals surface area contributed by atoms with Crippen LogP contribution in [0.1, 0.15) is 5.56 Å². The van der Waals surface area contributed by atoms with E-state index in [-0.39, 0.29) is 18.2 Å². The first-order valence-corrected chi connectivity index (χ1v) is 8.46. The number of imidazole rings is 1. The number of rotatable bonds is 6. The maximum absolute atomic E-state index is 13.1. The molecule has 2 aromatic heterocycles. The summed E-state index contributed by atoms with van der Waals surface area (Å²) in [5.41, 5.74) is 0.450. The Hall–Kier alpha value is -3.19. The standard InChI is InChI=1S/C13H11FN6O5S/c14-6-10-5-9(1-2-12(10)26(23,24)25)11-7-19(17-16-11)8-18-4-3-15-13(18)20(21)22/h1-5,7H,6,8H2,(H,23,24,25)/i14-1. The minimum absolute atomic E-state index is 0.0254. The first kappa shape index (κ1) is 17.6. The van der Waals surface area contributed by atoms with Crippen LogP contribution in [0.5, 0.6) is 0 Å². The Morgan fingerprint density at radius 3 is 2.77 bits per heavy atom. The van der Waals surface area contributed by atoms with Gasteiger partial charge >= 0.3 is 5.95 Å². The molecule has 0 fully saturated rings.